The van der Waals surface area contributed by atoms with Crippen LogP contribution in [0, 0.1) is 10.8 Å². The summed E-state index contributed by atoms with van der Waals surface area (Å²) in [5, 5.41) is 9.46. The summed E-state index contributed by atoms with van der Waals surface area (Å²) in [7, 11) is -5.22. The Morgan fingerprint density at radius 2 is 1.48 bits per heavy atom. The molecule has 1 spiro atoms. The lowest BCUT2D eigenvalue weighted by atomic mass is 9.70. The molecule has 0 amide bonds. The third kappa shape index (κ3) is 6.70. The molecule has 0 aromatic heterocycles. The van der Waals surface area contributed by atoms with Crippen LogP contribution in [-0.4, -0.2) is 70.8 Å². The van der Waals surface area contributed by atoms with E-state index in [-0.39, 0.29) is 30.3 Å². The zero-order chi connectivity index (χ0) is 17.5. The van der Waals surface area contributed by atoms with E-state index in [9.17, 15) is 5.11 Å². The monoisotopic (exact) mass is 378 g/mol. The van der Waals surface area contributed by atoms with Crippen LogP contribution in [0.4, 0.5) is 0 Å². The molecule has 0 radical (unpaired) electrons. The van der Waals surface area contributed by atoms with Gasteiger partial charge in [-0.3, -0.25) is 0 Å². The van der Waals surface area contributed by atoms with Crippen molar-refractivity contribution in [3.63, 3.8) is 0 Å². The predicted octanol–water partition coefficient (Wildman–Crippen LogP) is -0.206. The van der Waals surface area contributed by atoms with Gasteiger partial charge in [0, 0.05) is 5.41 Å². The lowest BCUT2D eigenvalue weighted by Gasteiger charge is -2.50. The van der Waals surface area contributed by atoms with Gasteiger partial charge in [0.15, 0.2) is 0 Å². The zero-order valence-electron chi connectivity index (χ0n) is 13.0. The number of aliphatic hydroxyl groups is 1. The minimum Gasteiger partial charge on any atom is -0.396 e. The molecule has 0 aliphatic carbocycles. The van der Waals surface area contributed by atoms with Crippen molar-refractivity contribution in [2.45, 2.75) is 20.0 Å². The fourth-order valence-corrected chi connectivity index (χ4v) is 3.16. The second kappa shape index (κ2) is 9.82. The van der Waals surface area contributed by atoms with Crippen molar-refractivity contribution in [3.05, 3.63) is 0 Å². The van der Waals surface area contributed by atoms with Crippen LogP contribution in [0.3, 0.4) is 0 Å². The Hall–Kier alpha value is 0.460. The lowest BCUT2D eigenvalue weighted by Crippen LogP contribution is -2.59. The molecule has 10 nitrogen and oxygen atoms in total. The summed E-state index contributed by atoms with van der Waals surface area (Å²) < 4.78 is 25.4. The molecule has 2 heterocycles. The van der Waals surface area contributed by atoms with E-state index < -0.39 is 17.2 Å². The summed E-state index contributed by atoms with van der Waals surface area (Å²) in [5.41, 5.74) is -0.615. The minimum absolute atomic E-state index is 0.0689. The third-order valence-electron chi connectivity index (χ3n) is 3.47. The predicted molar refractivity (Wildman–Crippen MR) is 79.6 cm³/mol. The molecule has 5 N–H and O–H groups in total. The third-order valence-corrected chi connectivity index (χ3v) is 4.64. The highest BCUT2D eigenvalue weighted by molar-refractivity contribution is 7.53. The topological polar surface area (TPSA) is 147 Å². The van der Waals surface area contributed by atoms with Crippen LogP contribution in [-0.2, 0) is 23.3 Å². The molecule has 2 saturated heterocycles. The lowest BCUT2D eigenvalue weighted by molar-refractivity contribution is -0.299. The molecule has 23 heavy (non-hydrogen) atoms. The van der Waals surface area contributed by atoms with Crippen molar-refractivity contribution >= 4 is 17.2 Å². The van der Waals surface area contributed by atoms with E-state index in [1.807, 2.05) is 13.8 Å². The average Bonchev–Trinajstić information content (AvgIpc) is 2.47. The molecule has 0 saturated carbocycles. The van der Waals surface area contributed by atoms with Crippen LogP contribution in [0.5, 0.6) is 0 Å². The largest absolute Gasteiger partial charge is 0.396 e. The molecule has 0 aromatic rings. The van der Waals surface area contributed by atoms with Crippen molar-refractivity contribution in [2.24, 2.45) is 10.8 Å². The quantitative estimate of drug-likeness (QED) is 0.416. The average molecular weight is 378 g/mol. The van der Waals surface area contributed by atoms with E-state index >= 15 is 0 Å². The molecule has 2 aliphatic heterocycles. The summed E-state index contributed by atoms with van der Waals surface area (Å²) in [4.78, 5) is 31.3. The molecular weight excluding hydrogens is 354 g/mol. The van der Waals surface area contributed by atoms with E-state index in [2.05, 4.69) is 4.31 Å². The highest BCUT2D eigenvalue weighted by atomic mass is 31.2. The smallest absolute Gasteiger partial charge is 0.334 e. The van der Waals surface area contributed by atoms with Crippen molar-refractivity contribution in [1.29, 1.82) is 0 Å². The molecule has 2 rings (SSSR count). The van der Waals surface area contributed by atoms with E-state index in [0.29, 0.717) is 26.6 Å². The second-order valence-electron chi connectivity index (χ2n) is 5.92. The molecule has 2 fully saturated rings. The summed E-state index contributed by atoms with van der Waals surface area (Å²) in [6.07, 6.45) is -0.112. The van der Waals surface area contributed by atoms with E-state index in [1.54, 1.807) is 0 Å². The fourth-order valence-electron chi connectivity index (χ4n) is 2.64. The summed E-state index contributed by atoms with van der Waals surface area (Å²) >= 11 is 0. The minimum atomic E-state index is -2.61. The van der Waals surface area contributed by atoms with Crippen LogP contribution >= 0.6 is 17.2 Å². The van der Waals surface area contributed by atoms with Crippen LogP contribution in [0.2, 0.25) is 0 Å². The van der Waals surface area contributed by atoms with Gasteiger partial charge in [0.05, 0.1) is 37.9 Å². The molecular formula is C11H24O10P2. The SMILES string of the molecule is CC(C)(CO)C1OCOCC12COCOC2.OP(O)OP(O)O. The van der Waals surface area contributed by atoms with Gasteiger partial charge in [-0.05, 0) is 0 Å². The highest BCUT2D eigenvalue weighted by Gasteiger charge is 2.51. The van der Waals surface area contributed by atoms with E-state index in [1.165, 1.54) is 0 Å². The number of ether oxygens (including phenoxy) is 4. The Morgan fingerprint density at radius 1 is 1.00 bits per heavy atom. The highest BCUT2D eigenvalue weighted by Crippen LogP contribution is 2.42. The van der Waals surface area contributed by atoms with E-state index in [4.69, 9.17) is 38.5 Å². The summed E-state index contributed by atoms with van der Waals surface area (Å²) in [6, 6.07) is 0. The van der Waals surface area contributed by atoms with Crippen molar-refractivity contribution in [1.82, 2.24) is 0 Å². The van der Waals surface area contributed by atoms with Crippen LogP contribution in [0.1, 0.15) is 13.8 Å². The van der Waals surface area contributed by atoms with Gasteiger partial charge in [-0.15, -0.1) is 0 Å². The second-order valence-corrected chi connectivity index (χ2v) is 7.59. The normalized spacial score (nSPS) is 24.7. The van der Waals surface area contributed by atoms with Crippen molar-refractivity contribution < 1.29 is 47.9 Å². The van der Waals surface area contributed by atoms with Crippen molar-refractivity contribution in [3.8, 4) is 0 Å². The Labute approximate surface area is 136 Å². The van der Waals surface area contributed by atoms with Crippen LogP contribution < -0.4 is 0 Å². The van der Waals surface area contributed by atoms with Gasteiger partial charge >= 0.3 is 17.2 Å². The first kappa shape index (κ1) is 21.5. The fraction of sp³-hybridized carbons (Fsp3) is 1.00. The van der Waals surface area contributed by atoms with Gasteiger partial charge in [0.25, 0.3) is 0 Å². The number of rotatable bonds is 4. The van der Waals surface area contributed by atoms with Crippen LogP contribution in [0.25, 0.3) is 0 Å². The molecule has 138 valence electrons. The van der Waals surface area contributed by atoms with Gasteiger partial charge < -0.3 is 43.6 Å². The Bertz CT molecular complexity index is 321. The molecule has 2 aliphatic rings. The van der Waals surface area contributed by atoms with E-state index in [0.717, 1.165) is 0 Å². The van der Waals surface area contributed by atoms with Crippen molar-refractivity contribution in [2.75, 3.05) is 40.0 Å². The first-order valence-corrected chi connectivity index (χ1v) is 9.06. The Morgan fingerprint density at radius 3 is 1.87 bits per heavy atom. The van der Waals surface area contributed by atoms with Gasteiger partial charge in [-0.2, -0.15) is 0 Å². The number of hydrogen-bond acceptors (Lipinski definition) is 10. The van der Waals surface area contributed by atoms with Gasteiger partial charge in [-0.25, -0.2) is 4.31 Å². The first-order chi connectivity index (χ1) is 10.7. The molecule has 0 bridgehead atoms. The summed E-state index contributed by atoms with van der Waals surface area (Å²) in [5.74, 6) is 0. The van der Waals surface area contributed by atoms with Gasteiger partial charge in [0.1, 0.15) is 13.6 Å². The maximum absolute atomic E-state index is 9.46. The Balaban J connectivity index is 0.000000322. The molecule has 1 unspecified atom stereocenters. The van der Waals surface area contributed by atoms with Gasteiger partial charge in [0.2, 0.25) is 0 Å². The number of aliphatic hydroxyl groups excluding tert-OH is 1. The standard InChI is InChI=1S/C11H20O5.H4O5P2/c1-10(2,3-12)9-11(6-15-8-16-9)4-13-7-14-5-11;1-6(2)5-7(3)4/h9,12H,3-8H2,1-2H3;1-4H. The number of hydrogen-bond donors (Lipinski definition) is 5. The maximum Gasteiger partial charge on any atom is 0.334 e. The summed E-state index contributed by atoms with van der Waals surface area (Å²) in [6.45, 7) is 6.31. The maximum atomic E-state index is 9.46. The van der Waals surface area contributed by atoms with Gasteiger partial charge in [-0.1, -0.05) is 13.8 Å². The molecule has 12 heteroatoms. The first-order valence-electron chi connectivity index (χ1n) is 6.73. The molecule has 1 atom stereocenters. The molecule has 0 aromatic carbocycles. The Kier molecular flexibility index (Phi) is 9.18. The van der Waals surface area contributed by atoms with Crippen LogP contribution in [0.15, 0.2) is 0 Å². The zero-order valence-corrected chi connectivity index (χ0v) is 14.8.